The SMILES string of the molecule is CCC(Sc1ccccc1)C(=O)N1C[C@@H](CN)[C@H](c2ccccc2)C1. The van der Waals surface area contributed by atoms with Gasteiger partial charge in [0.1, 0.15) is 0 Å². The molecular formula is C21H26N2OS. The molecule has 3 nitrogen and oxygen atoms in total. The number of carbonyl (C=O) groups excluding carboxylic acids is 1. The first-order valence-corrected chi connectivity index (χ1v) is 9.86. The van der Waals surface area contributed by atoms with Crippen molar-refractivity contribution >= 4 is 17.7 Å². The molecule has 0 bridgehead atoms. The Hall–Kier alpha value is -1.78. The molecule has 0 spiro atoms. The minimum atomic E-state index is -0.0321. The number of carbonyl (C=O) groups is 1. The van der Waals surface area contributed by atoms with E-state index in [2.05, 4.69) is 43.3 Å². The van der Waals surface area contributed by atoms with Gasteiger partial charge < -0.3 is 10.6 Å². The van der Waals surface area contributed by atoms with Crippen LogP contribution in [-0.2, 0) is 4.79 Å². The van der Waals surface area contributed by atoms with Crippen molar-refractivity contribution in [3.8, 4) is 0 Å². The summed E-state index contributed by atoms with van der Waals surface area (Å²) in [6.45, 7) is 4.24. The van der Waals surface area contributed by atoms with Crippen LogP contribution >= 0.6 is 11.8 Å². The van der Waals surface area contributed by atoms with Gasteiger partial charge >= 0.3 is 0 Å². The van der Waals surface area contributed by atoms with Gasteiger partial charge in [0, 0.05) is 23.9 Å². The lowest BCUT2D eigenvalue weighted by Crippen LogP contribution is -2.36. The monoisotopic (exact) mass is 354 g/mol. The van der Waals surface area contributed by atoms with Gasteiger partial charge in [0.05, 0.1) is 5.25 Å². The molecule has 2 N–H and O–H groups in total. The molecule has 1 amide bonds. The summed E-state index contributed by atoms with van der Waals surface area (Å²) in [5.74, 6) is 0.924. The summed E-state index contributed by atoms with van der Waals surface area (Å²) in [5, 5.41) is -0.0321. The normalized spacial score (nSPS) is 21.3. The first kappa shape index (κ1) is 18.0. The van der Waals surface area contributed by atoms with Crippen LogP contribution in [0.1, 0.15) is 24.8 Å². The molecule has 0 radical (unpaired) electrons. The Balaban J connectivity index is 1.71. The third-order valence-corrected chi connectivity index (χ3v) is 6.31. The molecule has 132 valence electrons. The summed E-state index contributed by atoms with van der Waals surface area (Å²) < 4.78 is 0. The lowest BCUT2D eigenvalue weighted by atomic mass is 9.89. The van der Waals surface area contributed by atoms with Crippen LogP contribution in [-0.4, -0.2) is 35.7 Å². The maximum absolute atomic E-state index is 13.1. The molecule has 1 saturated heterocycles. The Morgan fingerprint density at radius 1 is 1.12 bits per heavy atom. The Labute approximate surface area is 154 Å². The van der Waals surface area contributed by atoms with Crippen LogP contribution in [0.15, 0.2) is 65.6 Å². The van der Waals surface area contributed by atoms with Crippen LogP contribution in [0.25, 0.3) is 0 Å². The zero-order valence-corrected chi connectivity index (χ0v) is 15.5. The average molecular weight is 355 g/mol. The Bertz CT molecular complexity index is 677. The summed E-state index contributed by atoms with van der Waals surface area (Å²) in [4.78, 5) is 16.3. The van der Waals surface area contributed by atoms with E-state index in [4.69, 9.17) is 5.73 Å². The van der Waals surface area contributed by atoms with Gasteiger partial charge in [-0.2, -0.15) is 0 Å². The quantitative estimate of drug-likeness (QED) is 0.804. The van der Waals surface area contributed by atoms with E-state index >= 15 is 0 Å². The third kappa shape index (κ3) is 4.25. The van der Waals surface area contributed by atoms with Gasteiger partial charge in [-0.15, -0.1) is 11.8 Å². The second-order valence-corrected chi connectivity index (χ2v) is 7.86. The van der Waals surface area contributed by atoms with Crippen LogP contribution in [0.2, 0.25) is 0 Å². The minimum Gasteiger partial charge on any atom is -0.341 e. The average Bonchev–Trinajstić information content (AvgIpc) is 3.11. The topological polar surface area (TPSA) is 46.3 Å². The van der Waals surface area contributed by atoms with Crippen LogP contribution in [0.5, 0.6) is 0 Å². The highest BCUT2D eigenvalue weighted by Crippen LogP contribution is 2.34. The molecule has 1 aliphatic rings. The number of benzene rings is 2. The second-order valence-electron chi connectivity index (χ2n) is 6.58. The maximum Gasteiger partial charge on any atom is 0.236 e. The number of hydrogen-bond acceptors (Lipinski definition) is 3. The minimum absolute atomic E-state index is 0.0321. The largest absolute Gasteiger partial charge is 0.341 e. The third-order valence-electron chi connectivity index (χ3n) is 4.95. The van der Waals surface area contributed by atoms with Crippen LogP contribution in [0, 0.1) is 5.92 Å². The molecule has 1 aliphatic heterocycles. The van der Waals surface area contributed by atoms with E-state index in [1.165, 1.54) is 5.56 Å². The van der Waals surface area contributed by atoms with Crippen molar-refractivity contribution in [1.29, 1.82) is 0 Å². The van der Waals surface area contributed by atoms with E-state index in [0.717, 1.165) is 24.4 Å². The van der Waals surface area contributed by atoms with Crippen molar-refractivity contribution in [1.82, 2.24) is 4.90 Å². The molecule has 1 unspecified atom stereocenters. The zero-order chi connectivity index (χ0) is 17.6. The summed E-state index contributed by atoms with van der Waals surface area (Å²) in [5.41, 5.74) is 7.30. The Kier molecular flexibility index (Phi) is 6.16. The summed E-state index contributed by atoms with van der Waals surface area (Å²) in [7, 11) is 0. The lowest BCUT2D eigenvalue weighted by Gasteiger charge is -2.22. The molecule has 0 aromatic heterocycles. The Morgan fingerprint density at radius 2 is 1.76 bits per heavy atom. The molecule has 0 saturated carbocycles. The van der Waals surface area contributed by atoms with E-state index in [1.54, 1.807) is 11.8 Å². The van der Waals surface area contributed by atoms with Gasteiger partial charge in [-0.05, 0) is 36.6 Å². The van der Waals surface area contributed by atoms with Gasteiger partial charge in [0.2, 0.25) is 5.91 Å². The van der Waals surface area contributed by atoms with Gasteiger partial charge in [-0.3, -0.25) is 4.79 Å². The van der Waals surface area contributed by atoms with Crippen molar-refractivity contribution in [2.24, 2.45) is 11.7 Å². The van der Waals surface area contributed by atoms with E-state index in [9.17, 15) is 4.79 Å². The highest BCUT2D eigenvalue weighted by Gasteiger charge is 2.37. The number of hydrogen-bond donors (Lipinski definition) is 1. The van der Waals surface area contributed by atoms with Gasteiger partial charge in [0.15, 0.2) is 0 Å². The number of nitrogens with zero attached hydrogens (tertiary/aromatic N) is 1. The van der Waals surface area contributed by atoms with Gasteiger partial charge in [-0.1, -0.05) is 55.5 Å². The molecule has 3 rings (SSSR count). The zero-order valence-electron chi connectivity index (χ0n) is 14.7. The summed E-state index contributed by atoms with van der Waals surface area (Å²) in [6, 6.07) is 20.6. The molecule has 2 aromatic rings. The molecule has 1 fully saturated rings. The molecule has 0 aliphatic carbocycles. The van der Waals surface area contributed by atoms with Crippen LogP contribution in [0.4, 0.5) is 0 Å². The fourth-order valence-corrected chi connectivity index (χ4v) is 4.60. The molecule has 1 heterocycles. The van der Waals surface area contributed by atoms with Gasteiger partial charge in [0.25, 0.3) is 0 Å². The molecule has 4 heteroatoms. The summed E-state index contributed by atoms with van der Waals surface area (Å²) >= 11 is 1.67. The fourth-order valence-electron chi connectivity index (χ4n) is 3.54. The van der Waals surface area contributed by atoms with Gasteiger partial charge in [-0.25, -0.2) is 0 Å². The first-order chi connectivity index (χ1) is 12.2. The van der Waals surface area contributed by atoms with E-state index in [1.807, 2.05) is 29.2 Å². The highest BCUT2D eigenvalue weighted by molar-refractivity contribution is 8.00. The number of rotatable bonds is 6. The van der Waals surface area contributed by atoms with Crippen molar-refractivity contribution in [2.75, 3.05) is 19.6 Å². The molecule has 3 atom stereocenters. The predicted octanol–water partition coefficient (Wildman–Crippen LogP) is 3.76. The molecule has 25 heavy (non-hydrogen) atoms. The number of nitrogens with two attached hydrogens (primary N) is 1. The highest BCUT2D eigenvalue weighted by atomic mass is 32.2. The molecule has 2 aromatic carbocycles. The van der Waals surface area contributed by atoms with Crippen molar-refractivity contribution in [3.63, 3.8) is 0 Å². The van der Waals surface area contributed by atoms with E-state index < -0.39 is 0 Å². The fraction of sp³-hybridized carbons (Fsp3) is 0.381. The Morgan fingerprint density at radius 3 is 2.36 bits per heavy atom. The smallest absolute Gasteiger partial charge is 0.236 e. The van der Waals surface area contributed by atoms with Crippen molar-refractivity contribution in [2.45, 2.75) is 29.4 Å². The standard InChI is InChI=1S/C21H26N2OS/c1-2-20(25-18-11-7-4-8-12-18)21(24)23-14-17(13-22)19(15-23)16-9-5-3-6-10-16/h3-12,17,19-20H,2,13-15,22H2,1H3/t17-,19+,20?/m1/s1. The van der Waals surface area contributed by atoms with Crippen molar-refractivity contribution in [3.05, 3.63) is 66.2 Å². The first-order valence-electron chi connectivity index (χ1n) is 8.98. The maximum atomic E-state index is 13.1. The second kappa shape index (κ2) is 8.54. The van der Waals surface area contributed by atoms with Crippen LogP contribution in [0.3, 0.4) is 0 Å². The van der Waals surface area contributed by atoms with Crippen LogP contribution < -0.4 is 5.73 Å². The predicted molar refractivity (Wildman–Crippen MR) is 105 cm³/mol. The van der Waals surface area contributed by atoms with E-state index in [0.29, 0.717) is 18.4 Å². The van der Waals surface area contributed by atoms with Crippen molar-refractivity contribution < 1.29 is 4.79 Å². The lowest BCUT2D eigenvalue weighted by molar-refractivity contribution is -0.129. The number of likely N-dealkylation sites (tertiary alicyclic amines) is 1. The number of thioether (sulfide) groups is 1. The van der Waals surface area contributed by atoms with E-state index in [-0.39, 0.29) is 11.2 Å². The summed E-state index contributed by atoms with van der Waals surface area (Å²) in [6.07, 6.45) is 0.832. The number of amides is 1. The molecular weight excluding hydrogens is 328 g/mol.